The first-order valence-corrected chi connectivity index (χ1v) is 11.1. The van der Waals surface area contributed by atoms with E-state index in [-0.39, 0.29) is 28.4 Å². The Hall–Kier alpha value is -4.08. The number of aromatic amines is 2. The molecule has 34 heavy (non-hydrogen) atoms. The van der Waals surface area contributed by atoms with Gasteiger partial charge in [0.15, 0.2) is 11.5 Å². The van der Waals surface area contributed by atoms with Gasteiger partial charge < -0.3 is 5.32 Å². The first-order chi connectivity index (χ1) is 16.1. The van der Waals surface area contributed by atoms with Gasteiger partial charge in [-0.05, 0) is 37.0 Å². The van der Waals surface area contributed by atoms with E-state index in [4.69, 9.17) is 0 Å². The number of aromatic nitrogens is 6. The van der Waals surface area contributed by atoms with E-state index in [1.807, 2.05) is 33.8 Å². The van der Waals surface area contributed by atoms with Gasteiger partial charge in [-0.2, -0.15) is 5.10 Å². The standard InChI is InChI=1S/C24H27N7O3/c1-12(2)11-31-21-19(23(33)28-24(31)34)17(10-18(27-21)13(3)4)22(32)26-16-8-6-7-15(9-16)20-25-14(5)29-30-20/h6-10,12-13H,11H2,1-5H3,(H,26,32)(H,25,29,30)(H,28,33,34). The molecule has 4 rings (SSSR count). The Kier molecular flexibility index (Phi) is 6.14. The molecule has 10 nitrogen and oxygen atoms in total. The number of hydrogen-bond donors (Lipinski definition) is 3. The minimum atomic E-state index is -0.641. The van der Waals surface area contributed by atoms with Crippen molar-refractivity contribution in [3.63, 3.8) is 0 Å². The molecule has 176 valence electrons. The Morgan fingerprint density at radius 3 is 2.53 bits per heavy atom. The van der Waals surface area contributed by atoms with Crippen molar-refractivity contribution >= 4 is 22.6 Å². The summed E-state index contributed by atoms with van der Waals surface area (Å²) < 4.78 is 1.43. The molecule has 1 amide bonds. The maximum Gasteiger partial charge on any atom is 0.330 e. The van der Waals surface area contributed by atoms with Crippen molar-refractivity contribution in [2.75, 3.05) is 5.32 Å². The predicted molar refractivity (Wildman–Crippen MR) is 130 cm³/mol. The van der Waals surface area contributed by atoms with Gasteiger partial charge in [0.25, 0.3) is 11.5 Å². The molecule has 3 aromatic heterocycles. The minimum Gasteiger partial charge on any atom is -0.322 e. The van der Waals surface area contributed by atoms with E-state index in [2.05, 4.69) is 30.5 Å². The molecule has 0 aliphatic carbocycles. The normalized spacial score (nSPS) is 11.5. The van der Waals surface area contributed by atoms with E-state index in [1.165, 1.54) is 4.57 Å². The Balaban J connectivity index is 1.83. The van der Waals surface area contributed by atoms with Crippen LogP contribution in [0.25, 0.3) is 22.4 Å². The van der Waals surface area contributed by atoms with Crippen LogP contribution in [0.1, 0.15) is 55.5 Å². The van der Waals surface area contributed by atoms with E-state index in [9.17, 15) is 14.4 Å². The van der Waals surface area contributed by atoms with Crippen molar-refractivity contribution in [2.24, 2.45) is 5.92 Å². The average molecular weight is 462 g/mol. The molecule has 10 heteroatoms. The number of hydrogen-bond acceptors (Lipinski definition) is 6. The maximum absolute atomic E-state index is 13.4. The van der Waals surface area contributed by atoms with Gasteiger partial charge >= 0.3 is 5.69 Å². The molecule has 0 saturated carbocycles. The average Bonchev–Trinajstić information content (AvgIpc) is 3.22. The Morgan fingerprint density at radius 1 is 1.12 bits per heavy atom. The van der Waals surface area contributed by atoms with E-state index < -0.39 is 17.2 Å². The van der Waals surface area contributed by atoms with E-state index in [0.29, 0.717) is 29.6 Å². The van der Waals surface area contributed by atoms with Crippen LogP contribution in [0.3, 0.4) is 0 Å². The molecule has 0 unspecified atom stereocenters. The van der Waals surface area contributed by atoms with Crippen LogP contribution in [-0.2, 0) is 6.54 Å². The molecule has 0 fully saturated rings. The molecule has 0 radical (unpaired) electrons. The van der Waals surface area contributed by atoms with Crippen molar-refractivity contribution in [3.05, 3.63) is 68.3 Å². The molecule has 0 atom stereocenters. The van der Waals surface area contributed by atoms with Crippen molar-refractivity contribution in [2.45, 2.75) is 47.1 Å². The number of aryl methyl sites for hydroxylation is 1. The summed E-state index contributed by atoms with van der Waals surface area (Å²) in [7, 11) is 0. The number of nitrogens with one attached hydrogen (secondary N) is 3. The molecule has 0 aliphatic rings. The maximum atomic E-state index is 13.4. The lowest BCUT2D eigenvalue weighted by Crippen LogP contribution is -2.33. The molecule has 0 aliphatic heterocycles. The van der Waals surface area contributed by atoms with E-state index in [0.717, 1.165) is 5.56 Å². The van der Waals surface area contributed by atoms with Gasteiger partial charge in [0, 0.05) is 23.5 Å². The lowest BCUT2D eigenvalue weighted by Gasteiger charge is -2.16. The highest BCUT2D eigenvalue weighted by Gasteiger charge is 2.21. The van der Waals surface area contributed by atoms with Gasteiger partial charge in [-0.25, -0.2) is 14.8 Å². The number of rotatable bonds is 6. The fraction of sp³-hybridized carbons (Fsp3) is 0.333. The number of pyridine rings is 1. The molecule has 0 saturated heterocycles. The zero-order valence-corrected chi connectivity index (χ0v) is 19.8. The van der Waals surface area contributed by atoms with Crippen LogP contribution in [0.5, 0.6) is 0 Å². The predicted octanol–water partition coefficient (Wildman–Crippen LogP) is 3.21. The van der Waals surface area contributed by atoms with Gasteiger partial charge in [-0.15, -0.1) is 0 Å². The first-order valence-electron chi connectivity index (χ1n) is 11.1. The topological polar surface area (TPSA) is 138 Å². The van der Waals surface area contributed by atoms with Gasteiger partial charge in [-0.3, -0.25) is 24.2 Å². The van der Waals surface area contributed by atoms with Crippen LogP contribution in [0, 0.1) is 12.8 Å². The summed E-state index contributed by atoms with van der Waals surface area (Å²) in [6.45, 7) is 9.98. The smallest absolute Gasteiger partial charge is 0.322 e. The van der Waals surface area contributed by atoms with Gasteiger partial charge in [0.05, 0.1) is 10.9 Å². The molecule has 4 aromatic rings. The minimum absolute atomic E-state index is 0.0184. The summed E-state index contributed by atoms with van der Waals surface area (Å²) in [5.41, 5.74) is 1.06. The lowest BCUT2D eigenvalue weighted by molar-refractivity contribution is 0.102. The van der Waals surface area contributed by atoms with E-state index >= 15 is 0 Å². The summed E-state index contributed by atoms with van der Waals surface area (Å²) in [5.74, 6) is 0.836. The fourth-order valence-corrected chi connectivity index (χ4v) is 3.71. The highest BCUT2D eigenvalue weighted by molar-refractivity contribution is 6.12. The lowest BCUT2D eigenvalue weighted by atomic mass is 10.0. The van der Waals surface area contributed by atoms with Gasteiger partial charge in [0.1, 0.15) is 5.82 Å². The number of nitrogens with zero attached hydrogens (tertiary/aromatic N) is 4. The van der Waals surface area contributed by atoms with Gasteiger partial charge in [0.2, 0.25) is 0 Å². The van der Waals surface area contributed by atoms with Crippen LogP contribution in [0.4, 0.5) is 5.69 Å². The summed E-state index contributed by atoms with van der Waals surface area (Å²) in [6, 6.07) is 8.74. The summed E-state index contributed by atoms with van der Waals surface area (Å²) in [5, 5.41) is 9.90. The molecule has 3 heterocycles. The fourth-order valence-electron chi connectivity index (χ4n) is 3.71. The van der Waals surface area contributed by atoms with Crippen LogP contribution in [0.15, 0.2) is 39.9 Å². The second-order valence-corrected chi connectivity index (χ2v) is 8.99. The van der Waals surface area contributed by atoms with Crippen molar-refractivity contribution < 1.29 is 4.79 Å². The molecule has 0 bridgehead atoms. The highest BCUT2D eigenvalue weighted by atomic mass is 16.2. The molecule has 1 aromatic carbocycles. The molecule has 0 spiro atoms. The zero-order valence-electron chi connectivity index (χ0n) is 19.8. The highest BCUT2D eigenvalue weighted by Crippen LogP contribution is 2.23. The second kappa shape index (κ2) is 9.05. The first kappa shape index (κ1) is 23.1. The number of benzene rings is 1. The summed E-state index contributed by atoms with van der Waals surface area (Å²) in [6.07, 6.45) is 0. The number of H-pyrrole nitrogens is 2. The SMILES string of the molecule is Cc1nc(-c2cccc(NC(=O)c3cc(C(C)C)nc4c3c(=O)[nH]c(=O)n4CC(C)C)c2)n[nH]1. The summed E-state index contributed by atoms with van der Waals surface area (Å²) >= 11 is 0. The third-order valence-electron chi connectivity index (χ3n) is 5.33. The third-order valence-corrected chi connectivity index (χ3v) is 5.33. The number of carbonyl (C=O) groups excluding carboxylic acids is 1. The zero-order chi connectivity index (χ0) is 24.6. The van der Waals surface area contributed by atoms with Crippen LogP contribution >= 0.6 is 0 Å². The van der Waals surface area contributed by atoms with Crippen LogP contribution in [-0.4, -0.2) is 35.6 Å². The molecular weight excluding hydrogens is 434 g/mol. The number of fused-ring (bicyclic) bond motifs is 1. The Labute approximate surface area is 195 Å². The second-order valence-electron chi connectivity index (χ2n) is 8.99. The number of amides is 1. The Bertz CT molecular complexity index is 1490. The van der Waals surface area contributed by atoms with Crippen molar-refractivity contribution in [1.82, 2.24) is 29.7 Å². The van der Waals surface area contributed by atoms with Gasteiger partial charge in [-0.1, -0.05) is 39.8 Å². The quantitative estimate of drug-likeness (QED) is 0.403. The monoisotopic (exact) mass is 461 g/mol. The van der Waals surface area contributed by atoms with Crippen molar-refractivity contribution in [1.29, 1.82) is 0 Å². The molecular formula is C24H27N7O3. The van der Waals surface area contributed by atoms with Crippen LogP contribution in [0.2, 0.25) is 0 Å². The number of anilines is 1. The largest absolute Gasteiger partial charge is 0.330 e. The van der Waals surface area contributed by atoms with E-state index in [1.54, 1.807) is 31.2 Å². The summed E-state index contributed by atoms with van der Waals surface area (Å²) in [4.78, 5) is 50.1. The number of carbonyl (C=O) groups is 1. The third kappa shape index (κ3) is 4.52. The van der Waals surface area contributed by atoms with Crippen molar-refractivity contribution in [3.8, 4) is 11.4 Å². The van der Waals surface area contributed by atoms with Crippen LogP contribution < -0.4 is 16.6 Å². The Morgan fingerprint density at radius 2 is 1.88 bits per heavy atom. The molecule has 3 N–H and O–H groups in total.